The van der Waals surface area contributed by atoms with Crippen LogP contribution in [0.25, 0.3) is 0 Å². The zero-order chi connectivity index (χ0) is 18.4. The second-order valence-electron chi connectivity index (χ2n) is 7.15. The molecule has 6 nitrogen and oxygen atoms in total. The third kappa shape index (κ3) is 4.90. The average Bonchev–Trinajstić information content (AvgIpc) is 2.95. The van der Waals surface area contributed by atoms with Crippen molar-refractivity contribution >= 4 is 28.9 Å². The largest absolute Gasteiger partial charge is 0.333 e. The Balaban J connectivity index is 1.86. The van der Waals surface area contributed by atoms with Gasteiger partial charge in [-0.25, -0.2) is 9.79 Å². The second kappa shape index (κ2) is 9.46. The molecular weight excluding hydrogens is 336 g/mol. The molecule has 1 fully saturated rings. The number of aliphatic imine (C=N–C) groups is 1. The van der Waals surface area contributed by atoms with Crippen molar-refractivity contribution in [3.8, 4) is 0 Å². The summed E-state index contributed by atoms with van der Waals surface area (Å²) in [5.74, 6) is 0.770. The average molecular weight is 369 g/mol. The van der Waals surface area contributed by atoms with E-state index in [4.69, 9.17) is 4.99 Å². The molecule has 0 aromatic heterocycles. The van der Waals surface area contributed by atoms with Gasteiger partial charge in [-0.05, 0) is 20.3 Å². The minimum Gasteiger partial charge on any atom is -0.333 e. The number of imide groups is 1. The SMILES string of the molecule is CCCCCCCCCSC1=NC2C(C(=O)NC(=O)N2C)N1C(C)C. The number of amides is 3. The number of hydrogen-bond donors (Lipinski definition) is 1. The minimum absolute atomic E-state index is 0.169. The summed E-state index contributed by atoms with van der Waals surface area (Å²) in [5, 5.41) is 3.33. The molecule has 2 aliphatic heterocycles. The molecule has 142 valence electrons. The Morgan fingerprint density at radius 1 is 1.12 bits per heavy atom. The van der Waals surface area contributed by atoms with Crippen LogP contribution in [0.15, 0.2) is 4.99 Å². The van der Waals surface area contributed by atoms with E-state index in [9.17, 15) is 9.59 Å². The molecule has 0 bridgehead atoms. The zero-order valence-corrected chi connectivity index (χ0v) is 16.8. The number of nitrogens with one attached hydrogen (secondary N) is 1. The Morgan fingerprint density at radius 3 is 2.40 bits per heavy atom. The number of nitrogens with zero attached hydrogens (tertiary/aromatic N) is 3. The lowest BCUT2D eigenvalue weighted by molar-refractivity contribution is -0.127. The molecule has 1 N–H and O–H groups in total. The molecule has 2 aliphatic rings. The zero-order valence-electron chi connectivity index (χ0n) is 16.0. The van der Waals surface area contributed by atoms with Crippen molar-refractivity contribution in [1.82, 2.24) is 15.1 Å². The van der Waals surface area contributed by atoms with Gasteiger partial charge in [0.1, 0.15) is 0 Å². The van der Waals surface area contributed by atoms with Crippen LogP contribution in [0, 0.1) is 0 Å². The van der Waals surface area contributed by atoms with Crippen molar-refractivity contribution in [3.63, 3.8) is 0 Å². The normalized spacial score (nSPS) is 23.2. The van der Waals surface area contributed by atoms with Gasteiger partial charge < -0.3 is 9.80 Å². The van der Waals surface area contributed by atoms with E-state index in [0.717, 1.165) is 17.3 Å². The van der Waals surface area contributed by atoms with E-state index >= 15 is 0 Å². The maximum absolute atomic E-state index is 12.3. The van der Waals surface area contributed by atoms with E-state index in [1.54, 1.807) is 18.8 Å². The summed E-state index contributed by atoms with van der Waals surface area (Å²) in [7, 11) is 1.70. The molecule has 2 heterocycles. The van der Waals surface area contributed by atoms with Crippen LogP contribution in [0.2, 0.25) is 0 Å². The summed E-state index contributed by atoms with van der Waals surface area (Å²) in [4.78, 5) is 32.4. The molecule has 3 amide bonds. The predicted molar refractivity (Wildman–Crippen MR) is 104 cm³/mol. The lowest BCUT2D eigenvalue weighted by Crippen LogP contribution is -2.64. The van der Waals surface area contributed by atoms with Crippen molar-refractivity contribution in [2.45, 2.75) is 84.0 Å². The van der Waals surface area contributed by atoms with Crippen molar-refractivity contribution in [2.75, 3.05) is 12.8 Å². The van der Waals surface area contributed by atoms with Crippen LogP contribution in [0.4, 0.5) is 4.79 Å². The van der Waals surface area contributed by atoms with E-state index in [-0.39, 0.29) is 18.0 Å². The summed E-state index contributed by atoms with van der Waals surface area (Å²) in [5.41, 5.74) is 0. The molecule has 0 aliphatic carbocycles. The number of fused-ring (bicyclic) bond motifs is 1. The van der Waals surface area contributed by atoms with Gasteiger partial charge in [-0.1, -0.05) is 57.2 Å². The number of carbonyl (C=O) groups excluding carboxylic acids is 2. The second-order valence-corrected chi connectivity index (χ2v) is 8.21. The Hall–Kier alpha value is -1.24. The van der Waals surface area contributed by atoms with E-state index in [2.05, 4.69) is 31.0 Å². The number of thioether (sulfide) groups is 1. The number of rotatable bonds is 9. The summed E-state index contributed by atoms with van der Waals surface area (Å²) < 4.78 is 0. The van der Waals surface area contributed by atoms with Gasteiger partial charge >= 0.3 is 6.03 Å². The van der Waals surface area contributed by atoms with Gasteiger partial charge in [0.25, 0.3) is 5.91 Å². The maximum atomic E-state index is 12.3. The molecule has 2 unspecified atom stereocenters. The molecule has 1 saturated heterocycles. The summed E-state index contributed by atoms with van der Waals surface area (Å²) in [6.45, 7) is 6.37. The van der Waals surface area contributed by atoms with Crippen molar-refractivity contribution < 1.29 is 9.59 Å². The van der Waals surface area contributed by atoms with Gasteiger partial charge in [-0.3, -0.25) is 10.1 Å². The Bertz CT molecular complexity index is 509. The Labute approximate surface area is 155 Å². The van der Waals surface area contributed by atoms with Gasteiger partial charge in [0.2, 0.25) is 0 Å². The van der Waals surface area contributed by atoms with E-state index < -0.39 is 12.2 Å². The van der Waals surface area contributed by atoms with Crippen LogP contribution in [0.1, 0.15) is 65.7 Å². The first-order valence-corrected chi connectivity index (χ1v) is 10.5. The molecule has 7 heteroatoms. The van der Waals surface area contributed by atoms with Crippen molar-refractivity contribution in [2.24, 2.45) is 4.99 Å². The topological polar surface area (TPSA) is 65.0 Å². The number of hydrogen-bond acceptors (Lipinski definition) is 5. The third-order valence-electron chi connectivity index (χ3n) is 4.80. The monoisotopic (exact) mass is 368 g/mol. The standard InChI is InChI=1S/C18H32N4O2S/c1-5-6-7-8-9-10-11-12-25-18-19-15-14(22(18)13(2)3)16(23)20-17(24)21(15)4/h13-15H,5-12H2,1-4H3,(H,20,23,24). The first-order valence-electron chi connectivity index (χ1n) is 9.54. The summed E-state index contributed by atoms with van der Waals surface area (Å²) in [6, 6.07) is -0.598. The van der Waals surface area contributed by atoms with E-state index in [1.807, 2.05) is 0 Å². The van der Waals surface area contributed by atoms with Gasteiger partial charge in [0.05, 0.1) is 0 Å². The number of carbonyl (C=O) groups is 2. The third-order valence-corrected chi connectivity index (χ3v) is 5.86. The van der Waals surface area contributed by atoms with Crippen LogP contribution in [0.3, 0.4) is 0 Å². The van der Waals surface area contributed by atoms with Crippen LogP contribution >= 0.6 is 11.8 Å². The maximum Gasteiger partial charge on any atom is 0.325 e. The molecule has 25 heavy (non-hydrogen) atoms. The summed E-state index contributed by atoms with van der Waals surface area (Å²) >= 11 is 1.72. The van der Waals surface area contributed by atoms with Gasteiger partial charge in [0, 0.05) is 18.8 Å². The quantitative estimate of drug-likeness (QED) is 0.633. The van der Waals surface area contributed by atoms with Crippen LogP contribution in [-0.2, 0) is 4.79 Å². The fourth-order valence-electron chi connectivity index (χ4n) is 3.34. The highest BCUT2D eigenvalue weighted by atomic mass is 32.2. The van der Waals surface area contributed by atoms with Gasteiger partial charge in [-0.15, -0.1) is 0 Å². The van der Waals surface area contributed by atoms with Crippen LogP contribution in [-0.4, -0.2) is 58.0 Å². The van der Waals surface area contributed by atoms with Crippen LogP contribution < -0.4 is 5.32 Å². The van der Waals surface area contributed by atoms with Crippen molar-refractivity contribution in [1.29, 1.82) is 0 Å². The lowest BCUT2D eigenvalue weighted by atomic mass is 10.1. The molecule has 0 saturated carbocycles. The fourth-order valence-corrected chi connectivity index (χ4v) is 4.52. The first-order chi connectivity index (χ1) is 12.0. The van der Waals surface area contributed by atoms with E-state index in [1.165, 1.54) is 43.4 Å². The molecular formula is C18H32N4O2S. The van der Waals surface area contributed by atoms with Crippen LogP contribution in [0.5, 0.6) is 0 Å². The summed E-state index contributed by atoms with van der Waals surface area (Å²) in [6.07, 6.45) is 8.60. The minimum atomic E-state index is -0.403. The molecule has 2 rings (SSSR count). The molecule has 0 radical (unpaired) electrons. The highest BCUT2D eigenvalue weighted by molar-refractivity contribution is 8.13. The molecule has 2 atom stereocenters. The smallest absolute Gasteiger partial charge is 0.325 e. The van der Waals surface area contributed by atoms with Gasteiger partial charge in [0.15, 0.2) is 17.4 Å². The van der Waals surface area contributed by atoms with Crippen molar-refractivity contribution in [3.05, 3.63) is 0 Å². The number of unbranched alkanes of at least 4 members (excludes halogenated alkanes) is 6. The highest BCUT2D eigenvalue weighted by Crippen LogP contribution is 2.30. The Kier molecular flexibility index (Phi) is 7.59. The predicted octanol–water partition coefficient (Wildman–Crippen LogP) is 3.43. The highest BCUT2D eigenvalue weighted by Gasteiger charge is 2.49. The molecule has 0 spiro atoms. The number of urea groups is 1. The molecule has 0 aromatic rings. The lowest BCUT2D eigenvalue weighted by Gasteiger charge is -2.37. The number of likely N-dealkylation sites (N-methyl/N-ethyl adjacent to an activating group) is 1. The Morgan fingerprint density at radius 2 is 1.76 bits per heavy atom. The fraction of sp³-hybridized carbons (Fsp3) is 0.833. The number of amidine groups is 1. The van der Waals surface area contributed by atoms with E-state index in [0.29, 0.717) is 0 Å². The molecule has 0 aromatic carbocycles. The first kappa shape index (κ1) is 20.1. The van der Waals surface area contributed by atoms with Gasteiger partial charge in [-0.2, -0.15) is 0 Å².